The summed E-state index contributed by atoms with van der Waals surface area (Å²) < 4.78 is 32.5. The minimum absolute atomic E-state index is 0.101. The number of nitrogens with zero attached hydrogens (tertiary/aromatic N) is 2. The summed E-state index contributed by atoms with van der Waals surface area (Å²) in [6.45, 7) is 4.11. The Morgan fingerprint density at radius 3 is 2.59 bits per heavy atom. The molecule has 1 amide bonds. The van der Waals surface area contributed by atoms with Gasteiger partial charge in [-0.25, -0.2) is 13.8 Å². The molecule has 2 N–H and O–H groups in total. The zero-order valence-electron chi connectivity index (χ0n) is 14.8. The van der Waals surface area contributed by atoms with E-state index in [4.69, 9.17) is 4.74 Å². The van der Waals surface area contributed by atoms with Gasteiger partial charge in [0.25, 0.3) is 5.56 Å². The summed E-state index contributed by atoms with van der Waals surface area (Å²) in [6.07, 6.45) is 0.00966. The third kappa shape index (κ3) is 4.48. The minimum atomic E-state index is -0.853. The van der Waals surface area contributed by atoms with Crippen molar-refractivity contribution in [1.82, 2.24) is 9.97 Å². The first-order valence-corrected chi connectivity index (χ1v) is 8.62. The highest BCUT2D eigenvalue weighted by molar-refractivity contribution is 5.91. The van der Waals surface area contributed by atoms with E-state index in [1.54, 1.807) is 6.92 Å². The van der Waals surface area contributed by atoms with Crippen LogP contribution < -0.4 is 15.8 Å². The zero-order valence-corrected chi connectivity index (χ0v) is 14.8. The van der Waals surface area contributed by atoms with Crippen molar-refractivity contribution in [2.75, 3.05) is 36.5 Å². The van der Waals surface area contributed by atoms with Crippen molar-refractivity contribution in [3.05, 3.63) is 51.4 Å². The van der Waals surface area contributed by atoms with E-state index < -0.39 is 23.2 Å². The first-order chi connectivity index (χ1) is 13.0. The molecule has 0 saturated carbocycles. The second-order valence-electron chi connectivity index (χ2n) is 6.20. The molecule has 0 spiro atoms. The van der Waals surface area contributed by atoms with E-state index in [1.807, 2.05) is 4.90 Å². The number of ether oxygens (including phenoxy) is 1. The Kier molecular flexibility index (Phi) is 5.80. The molecule has 9 heteroatoms. The van der Waals surface area contributed by atoms with Crippen LogP contribution in [0.2, 0.25) is 0 Å². The number of aryl methyl sites for hydroxylation is 1. The van der Waals surface area contributed by atoms with Crippen LogP contribution in [0.5, 0.6) is 0 Å². The number of aromatic nitrogens is 2. The summed E-state index contributed by atoms with van der Waals surface area (Å²) in [4.78, 5) is 33.5. The van der Waals surface area contributed by atoms with Gasteiger partial charge >= 0.3 is 0 Å². The number of aromatic amines is 1. The van der Waals surface area contributed by atoms with Gasteiger partial charge in [0.05, 0.1) is 13.2 Å². The van der Waals surface area contributed by atoms with Gasteiger partial charge < -0.3 is 15.0 Å². The number of para-hydroxylation sites is 1. The Bertz CT molecular complexity index is 874. The number of hydrogen-bond donors (Lipinski definition) is 2. The number of nitrogens with one attached hydrogen (secondary N) is 2. The maximum absolute atomic E-state index is 13.6. The van der Waals surface area contributed by atoms with Crippen molar-refractivity contribution in [2.45, 2.75) is 19.8 Å². The van der Waals surface area contributed by atoms with Crippen LogP contribution in [0.1, 0.15) is 17.7 Å². The summed E-state index contributed by atoms with van der Waals surface area (Å²) in [5, 5.41) is 2.21. The molecular formula is C18H20F2N4O3. The third-order valence-corrected chi connectivity index (χ3v) is 4.35. The lowest BCUT2D eigenvalue weighted by molar-refractivity contribution is -0.116. The number of anilines is 2. The number of amides is 1. The summed E-state index contributed by atoms with van der Waals surface area (Å²) >= 11 is 0. The Labute approximate surface area is 154 Å². The molecule has 0 unspecified atom stereocenters. The van der Waals surface area contributed by atoms with Crippen LogP contribution >= 0.6 is 0 Å². The topological polar surface area (TPSA) is 87.3 Å². The Balaban J connectivity index is 1.67. The molecule has 144 valence electrons. The van der Waals surface area contributed by atoms with Crippen LogP contribution in [0.15, 0.2) is 23.0 Å². The van der Waals surface area contributed by atoms with Crippen LogP contribution in [-0.4, -0.2) is 42.2 Å². The number of halogens is 2. The van der Waals surface area contributed by atoms with Gasteiger partial charge in [-0.2, -0.15) is 0 Å². The molecule has 1 aromatic heterocycles. The van der Waals surface area contributed by atoms with Crippen LogP contribution in [0, 0.1) is 18.6 Å². The van der Waals surface area contributed by atoms with Crippen molar-refractivity contribution in [3.63, 3.8) is 0 Å². The van der Waals surface area contributed by atoms with Crippen molar-refractivity contribution in [2.24, 2.45) is 0 Å². The Morgan fingerprint density at radius 2 is 1.96 bits per heavy atom. The number of morpholine rings is 1. The van der Waals surface area contributed by atoms with Crippen LogP contribution in [0.3, 0.4) is 0 Å². The molecule has 2 heterocycles. The van der Waals surface area contributed by atoms with E-state index in [9.17, 15) is 18.4 Å². The Morgan fingerprint density at radius 1 is 1.30 bits per heavy atom. The first kappa shape index (κ1) is 19.0. The SMILES string of the molecule is Cc1nc(N2CCOCC2)[nH]c(=O)c1CCC(=O)Nc1c(F)cccc1F. The van der Waals surface area contributed by atoms with Gasteiger partial charge in [0.15, 0.2) is 0 Å². The number of carbonyl (C=O) groups excluding carboxylic acids is 1. The predicted octanol–water partition coefficient (Wildman–Crippen LogP) is 1.76. The molecule has 3 rings (SSSR count). The summed E-state index contributed by atoms with van der Waals surface area (Å²) in [5.74, 6) is -1.82. The molecule has 1 fully saturated rings. The summed E-state index contributed by atoms with van der Waals surface area (Å²) in [7, 11) is 0. The van der Waals surface area contributed by atoms with E-state index in [1.165, 1.54) is 6.07 Å². The van der Waals surface area contributed by atoms with Gasteiger partial charge in [-0.3, -0.25) is 14.6 Å². The average Bonchev–Trinajstić information content (AvgIpc) is 2.65. The molecular weight excluding hydrogens is 358 g/mol. The monoisotopic (exact) mass is 378 g/mol. The van der Waals surface area contributed by atoms with E-state index in [2.05, 4.69) is 15.3 Å². The molecule has 2 aromatic rings. The van der Waals surface area contributed by atoms with Crippen molar-refractivity contribution in [1.29, 1.82) is 0 Å². The van der Waals surface area contributed by atoms with Gasteiger partial charge in [0.2, 0.25) is 11.9 Å². The van der Waals surface area contributed by atoms with Gasteiger partial charge in [-0.05, 0) is 25.5 Å². The standard InChI is InChI=1S/C18H20F2N4O3/c1-11-12(17(26)23-18(21-11)24-7-9-27-10-8-24)5-6-15(25)22-16-13(19)3-2-4-14(16)20/h2-4H,5-10H2,1H3,(H,22,25)(H,21,23,26). The first-order valence-electron chi connectivity index (χ1n) is 8.62. The fourth-order valence-corrected chi connectivity index (χ4v) is 2.87. The maximum Gasteiger partial charge on any atom is 0.255 e. The smallest absolute Gasteiger partial charge is 0.255 e. The van der Waals surface area contributed by atoms with Crippen LogP contribution in [0.4, 0.5) is 20.4 Å². The number of hydrogen-bond acceptors (Lipinski definition) is 5. The molecule has 1 saturated heterocycles. The molecule has 0 radical (unpaired) electrons. The second kappa shape index (κ2) is 8.26. The lowest BCUT2D eigenvalue weighted by Crippen LogP contribution is -2.38. The zero-order chi connectivity index (χ0) is 19.4. The number of H-pyrrole nitrogens is 1. The molecule has 27 heavy (non-hydrogen) atoms. The lowest BCUT2D eigenvalue weighted by Gasteiger charge is -2.27. The minimum Gasteiger partial charge on any atom is -0.378 e. The van der Waals surface area contributed by atoms with Crippen molar-refractivity contribution < 1.29 is 18.3 Å². The molecule has 7 nitrogen and oxygen atoms in total. The fraction of sp³-hybridized carbons (Fsp3) is 0.389. The van der Waals surface area contributed by atoms with Crippen LogP contribution in [-0.2, 0) is 16.0 Å². The fourth-order valence-electron chi connectivity index (χ4n) is 2.87. The van der Waals surface area contributed by atoms with Gasteiger partial charge in [-0.1, -0.05) is 6.07 Å². The highest BCUT2D eigenvalue weighted by Crippen LogP contribution is 2.18. The largest absolute Gasteiger partial charge is 0.378 e. The quantitative estimate of drug-likeness (QED) is 0.828. The number of carbonyl (C=O) groups is 1. The van der Waals surface area contributed by atoms with Crippen molar-refractivity contribution >= 4 is 17.5 Å². The number of benzene rings is 1. The molecule has 1 aliphatic rings. The lowest BCUT2D eigenvalue weighted by atomic mass is 10.1. The van der Waals surface area contributed by atoms with Gasteiger partial charge in [0.1, 0.15) is 17.3 Å². The van der Waals surface area contributed by atoms with Gasteiger partial charge in [-0.15, -0.1) is 0 Å². The molecule has 1 aromatic carbocycles. The maximum atomic E-state index is 13.6. The van der Waals surface area contributed by atoms with Gasteiger partial charge in [0, 0.05) is 30.8 Å². The average molecular weight is 378 g/mol. The number of rotatable bonds is 5. The van der Waals surface area contributed by atoms with Crippen molar-refractivity contribution in [3.8, 4) is 0 Å². The van der Waals surface area contributed by atoms with Crippen LogP contribution in [0.25, 0.3) is 0 Å². The second-order valence-corrected chi connectivity index (χ2v) is 6.20. The normalized spacial score (nSPS) is 14.3. The summed E-state index contributed by atoms with van der Waals surface area (Å²) in [6, 6.07) is 3.33. The highest BCUT2D eigenvalue weighted by Gasteiger charge is 2.17. The third-order valence-electron chi connectivity index (χ3n) is 4.35. The molecule has 0 aliphatic carbocycles. The predicted molar refractivity (Wildman–Crippen MR) is 95.9 cm³/mol. The van der Waals surface area contributed by atoms with E-state index in [0.29, 0.717) is 43.5 Å². The van der Waals surface area contributed by atoms with E-state index in [0.717, 1.165) is 12.1 Å². The molecule has 0 atom stereocenters. The van der Waals surface area contributed by atoms with E-state index in [-0.39, 0.29) is 18.4 Å². The van der Waals surface area contributed by atoms with E-state index >= 15 is 0 Å². The molecule has 0 bridgehead atoms. The summed E-state index contributed by atoms with van der Waals surface area (Å²) in [5.41, 5.74) is 0.0732. The highest BCUT2D eigenvalue weighted by atomic mass is 19.1. The Hall–Kier alpha value is -2.81. The molecule has 1 aliphatic heterocycles.